The molecule has 7 nitrogen and oxygen atoms in total. The molecule has 0 aliphatic carbocycles. The Kier molecular flexibility index (Phi) is 4.88. The van der Waals surface area contributed by atoms with E-state index < -0.39 is 6.17 Å². The molecule has 5 rings (SSSR count). The second kappa shape index (κ2) is 7.72. The van der Waals surface area contributed by atoms with E-state index in [9.17, 15) is 9.90 Å². The van der Waals surface area contributed by atoms with E-state index in [-0.39, 0.29) is 11.7 Å². The van der Waals surface area contributed by atoms with E-state index in [1.165, 1.54) is 11.3 Å². The van der Waals surface area contributed by atoms with Crippen LogP contribution in [0, 0.1) is 6.92 Å². The van der Waals surface area contributed by atoms with Crippen molar-refractivity contribution in [3.05, 3.63) is 76.2 Å². The Morgan fingerprint density at radius 2 is 2.10 bits per heavy atom. The van der Waals surface area contributed by atoms with Crippen LogP contribution in [0.3, 0.4) is 0 Å². The zero-order valence-electron chi connectivity index (χ0n) is 17.1. The molecule has 1 aliphatic heterocycles. The van der Waals surface area contributed by atoms with E-state index in [1.807, 2.05) is 31.2 Å². The SMILES string of the molecule is COCc1cc(C)nc2sc3c(c12)N[C@@H](c1ccc(O)cc1)N(Cc1ccco1)C3=O. The molecule has 8 heteroatoms. The molecule has 0 spiro atoms. The van der Waals surface area contributed by atoms with Crippen molar-refractivity contribution in [3.63, 3.8) is 0 Å². The number of carbonyl (C=O) groups excluding carboxylic acids is 1. The number of aryl methyl sites for hydroxylation is 1. The van der Waals surface area contributed by atoms with Crippen molar-refractivity contribution in [1.82, 2.24) is 9.88 Å². The molecule has 1 atom stereocenters. The van der Waals surface area contributed by atoms with Crippen LogP contribution in [-0.2, 0) is 17.9 Å². The lowest BCUT2D eigenvalue weighted by Gasteiger charge is -2.36. The van der Waals surface area contributed by atoms with Crippen LogP contribution in [0.25, 0.3) is 10.2 Å². The maximum absolute atomic E-state index is 13.7. The lowest BCUT2D eigenvalue weighted by atomic mass is 10.0. The number of aromatic nitrogens is 1. The molecule has 1 amide bonds. The summed E-state index contributed by atoms with van der Waals surface area (Å²) in [6.45, 7) is 2.68. The highest BCUT2D eigenvalue weighted by Gasteiger charge is 2.37. The molecule has 158 valence electrons. The van der Waals surface area contributed by atoms with Crippen LogP contribution in [0.15, 0.2) is 53.1 Å². The molecule has 0 fully saturated rings. The molecular formula is C23H21N3O4S. The van der Waals surface area contributed by atoms with Gasteiger partial charge < -0.3 is 24.5 Å². The number of ether oxygens (including phenoxy) is 1. The summed E-state index contributed by atoms with van der Waals surface area (Å²) in [5, 5.41) is 14.2. The number of anilines is 1. The first-order valence-corrected chi connectivity index (χ1v) is 10.7. The minimum absolute atomic E-state index is 0.0905. The van der Waals surface area contributed by atoms with Gasteiger partial charge in [0.05, 0.1) is 25.1 Å². The monoisotopic (exact) mass is 435 g/mol. The van der Waals surface area contributed by atoms with Gasteiger partial charge in [-0.05, 0) is 48.4 Å². The number of phenolic OH excluding ortho intramolecular Hbond substituents is 1. The Labute approximate surface area is 182 Å². The van der Waals surface area contributed by atoms with Gasteiger partial charge >= 0.3 is 0 Å². The number of nitrogens with zero attached hydrogens (tertiary/aromatic N) is 2. The number of fused-ring (bicyclic) bond motifs is 3. The first-order chi connectivity index (χ1) is 15.0. The van der Waals surface area contributed by atoms with E-state index in [2.05, 4.69) is 10.3 Å². The molecule has 0 bridgehead atoms. The number of hydrogen-bond acceptors (Lipinski definition) is 7. The average Bonchev–Trinajstić information content (AvgIpc) is 3.38. The first kappa shape index (κ1) is 19.6. The van der Waals surface area contributed by atoms with Gasteiger partial charge in [-0.1, -0.05) is 12.1 Å². The zero-order valence-corrected chi connectivity index (χ0v) is 17.9. The van der Waals surface area contributed by atoms with Crippen molar-refractivity contribution in [1.29, 1.82) is 0 Å². The number of carbonyl (C=O) groups is 1. The molecule has 31 heavy (non-hydrogen) atoms. The third kappa shape index (κ3) is 3.43. The number of benzene rings is 1. The summed E-state index contributed by atoms with van der Waals surface area (Å²) >= 11 is 1.39. The number of aromatic hydroxyl groups is 1. The van der Waals surface area contributed by atoms with Crippen molar-refractivity contribution >= 4 is 33.1 Å². The van der Waals surface area contributed by atoms with Crippen LogP contribution in [0.1, 0.15) is 38.4 Å². The number of amides is 1. The molecular weight excluding hydrogens is 414 g/mol. The molecule has 0 radical (unpaired) electrons. The second-order valence-corrected chi connectivity index (χ2v) is 8.49. The highest BCUT2D eigenvalue weighted by Crippen LogP contribution is 2.44. The number of nitrogens with one attached hydrogen (secondary N) is 1. The van der Waals surface area contributed by atoms with Crippen LogP contribution in [0.5, 0.6) is 5.75 Å². The summed E-state index contributed by atoms with van der Waals surface area (Å²) in [5.41, 5.74) is 3.51. The van der Waals surface area contributed by atoms with Gasteiger partial charge in [0.1, 0.15) is 27.4 Å². The van der Waals surface area contributed by atoms with Crippen LogP contribution >= 0.6 is 11.3 Å². The molecule has 0 saturated carbocycles. The quantitative estimate of drug-likeness (QED) is 0.467. The largest absolute Gasteiger partial charge is 0.508 e. The molecule has 1 aromatic carbocycles. The average molecular weight is 436 g/mol. The lowest BCUT2D eigenvalue weighted by Crippen LogP contribution is -2.41. The Balaban J connectivity index is 1.67. The molecule has 0 unspecified atom stereocenters. The molecule has 4 heterocycles. The minimum Gasteiger partial charge on any atom is -0.508 e. The van der Waals surface area contributed by atoms with Crippen molar-refractivity contribution in [2.75, 3.05) is 12.4 Å². The topological polar surface area (TPSA) is 87.8 Å². The standard InChI is InChI=1S/C23H21N3O4S/c1-13-10-15(12-29-2)18-19-20(31-22(18)24-13)23(28)26(11-17-4-3-9-30-17)21(25-19)14-5-7-16(27)8-6-14/h3-10,21,25,27H,11-12H2,1-2H3/t21-/m1/s1. The molecule has 2 N–H and O–H groups in total. The number of phenols is 1. The summed E-state index contributed by atoms with van der Waals surface area (Å²) in [5.74, 6) is 0.775. The smallest absolute Gasteiger partial charge is 0.268 e. The Hall–Kier alpha value is -3.36. The fraction of sp³-hybridized carbons (Fsp3) is 0.217. The summed E-state index contributed by atoms with van der Waals surface area (Å²) in [6.07, 6.45) is 1.17. The summed E-state index contributed by atoms with van der Waals surface area (Å²) < 4.78 is 10.9. The van der Waals surface area contributed by atoms with Crippen LogP contribution in [0.2, 0.25) is 0 Å². The van der Waals surface area contributed by atoms with Gasteiger partial charge in [0.2, 0.25) is 0 Å². The van der Waals surface area contributed by atoms with E-state index in [0.29, 0.717) is 23.8 Å². The normalized spacial score (nSPS) is 15.9. The van der Waals surface area contributed by atoms with Crippen LogP contribution < -0.4 is 5.32 Å². The van der Waals surface area contributed by atoms with Crippen molar-refractivity contribution in [3.8, 4) is 5.75 Å². The maximum atomic E-state index is 13.7. The zero-order chi connectivity index (χ0) is 21.5. The number of pyridine rings is 1. The predicted molar refractivity (Wildman–Crippen MR) is 118 cm³/mol. The van der Waals surface area contributed by atoms with Gasteiger partial charge in [-0.15, -0.1) is 11.3 Å². The summed E-state index contributed by atoms with van der Waals surface area (Å²) in [6, 6.07) is 12.5. The van der Waals surface area contributed by atoms with Gasteiger partial charge in [0.15, 0.2) is 0 Å². The number of thiophene rings is 1. The predicted octanol–water partition coefficient (Wildman–Crippen LogP) is 4.82. The van der Waals surface area contributed by atoms with Crippen LogP contribution in [0.4, 0.5) is 5.69 Å². The third-order valence-electron chi connectivity index (χ3n) is 5.33. The molecule has 0 saturated heterocycles. The molecule has 4 aromatic rings. The van der Waals surface area contributed by atoms with E-state index in [4.69, 9.17) is 9.15 Å². The number of methoxy groups -OCH3 is 1. The van der Waals surface area contributed by atoms with Gasteiger partial charge in [0, 0.05) is 18.2 Å². The summed E-state index contributed by atoms with van der Waals surface area (Å²) in [4.78, 5) is 21.5. The number of hydrogen-bond donors (Lipinski definition) is 2. The minimum atomic E-state index is -0.430. The highest BCUT2D eigenvalue weighted by atomic mass is 32.1. The van der Waals surface area contributed by atoms with Gasteiger partial charge in [-0.25, -0.2) is 4.98 Å². The maximum Gasteiger partial charge on any atom is 0.268 e. The van der Waals surface area contributed by atoms with Crippen LogP contribution in [-0.4, -0.2) is 28.0 Å². The third-order valence-corrected chi connectivity index (χ3v) is 6.41. The number of furan rings is 1. The lowest BCUT2D eigenvalue weighted by molar-refractivity contribution is 0.0657. The van der Waals surface area contributed by atoms with E-state index in [0.717, 1.165) is 32.7 Å². The van der Waals surface area contributed by atoms with Crippen molar-refractivity contribution < 1.29 is 19.1 Å². The highest BCUT2D eigenvalue weighted by molar-refractivity contribution is 7.21. The fourth-order valence-corrected chi connectivity index (χ4v) is 5.17. The first-order valence-electron chi connectivity index (χ1n) is 9.86. The van der Waals surface area contributed by atoms with Gasteiger partial charge in [-0.2, -0.15) is 0 Å². The Morgan fingerprint density at radius 1 is 1.29 bits per heavy atom. The summed E-state index contributed by atoms with van der Waals surface area (Å²) in [7, 11) is 1.66. The van der Waals surface area contributed by atoms with E-state index >= 15 is 0 Å². The second-order valence-electron chi connectivity index (χ2n) is 7.49. The van der Waals surface area contributed by atoms with E-state index in [1.54, 1.807) is 36.5 Å². The molecule has 3 aromatic heterocycles. The fourth-order valence-electron chi connectivity index (χ4n) is 3.99. The van der Waals surface area contributed by atoms with Gasteiger partial charge in [-0.3, -0.25) is 4.79 Å². The van der Waals surface area contributed by atoms with Crippen molar-refractivity contribution in [2.24, 2.45) is 0 Å². The van der Waals surface area contributed by atoms with Gasteiger partial charge in [0.25, 0.3) is 5.91 Å². The number of rotatable bonds is 5. The van der Waals surface area contributed by atoms with Crippen molar-refractivity contribution in [2.45, 2.75) is 26.2 Å². The Bertz CT molecular complexity index is 1250. The Morgan fingerprint density at radius 3 is 2.81 bits per heavy atom. The molecule has 1 aliphatic rings.